The van der Waals surface area contributed by atoms with Gasteiger partial charge in [-0.3, -0.25) is 4.79 Å². The first kappa shape index (κ1) is 19.1. The number of alkyl carbamates (subject to hydrolysis) is 1. The molecule has 1 fully saturated rings. The van der Waals surface area contributed by atoms with Crippen LogP contribution in [0.5, 0.6) is 0 Å². The fourth-order valence-electron chi connectivity index (χ4n) is 2.89. The molecule has 0 bridgehead atoms. The van der Waals surface area contributed by atoms with Crippen LogP contribution in [0.15, 0.2) is 48.5 Å². The Morgan fingerprint density at radius 1 is 1.30 bits per heavy atom. The van der Waals surface area contributed by atoms with Crippen molar-refractivity contribution >= 4 is 29.3 Å². The van der Waals surface area contributed by atoms with E-state index in [0.717, 1.165) is 0 Å². The van der Waals surface area contributed by atoms with Gasteiger partial charge in [0.05, 0.1) is 0 Å². The summed E-state index contributed by atoms with van der Waals surface area (Å²) in [6.07, 6.45) is -0.647. The molecular formula is C19H18ClFN2O4. The van der Waals surface area contributed by atoms with E-state index in [4.69, 9.17) is 16.3 Å². The Labute approximate surface area is 160 Å². The van der Waals surface area contributed by atoms with Gasteiger partial charge in [0.1, 0.15) is 5.82 Å². The highest BCUT2D eigenvalue weighted by molar-refractivity contribution is 6.30. The lowest BCUT2D eigenvalue weighted by Crippen LogP contribution is -2.46. The fourth-order valence-corrected chi connectivity index (χ4v) is 3.13. The molecule has 0 spiro atoms. The van der Waals surface area contributed by atoms with Gasteiger partial charge in [0.25, 0.3) is 11.7 Å². The summed E-state index contributed by atoms with van der Waals surface area (Å²) in [6.45, 7) is 0.361. The number of anilines is 1. The predicted molar refractivity (Wildman–Crippen MR) is 98.0 cm³/mol. The molecule has 0 saturated carbocycles. The quantitative estimate of drug-likeness (QED) is 0.767. The Morgan fingerprint density at radius 2 is 2.04 bits per heavy atom. The maximum atomic E-state index is 13.3. The molecule has 1 atom stereocenters. The summed E-state index contributed by atoms with van der Waals surface area (Å²) < 4.78 is 18.2. The number of nitrogens with one attached hydrogen (secondary N) is 1. The van der Waals surface area contributed by atoms with Crippen LogP contribution in [0.1, 0.15) is 12.0 Å². The maximum Gasteiger partial charge on any atom is 0.410 e. The van der Waals surface area contributed by atoms with Crippen molar-refractivity contribution in [2.24, 2.45) is 0 Å². The van der Waals surface area contributed by atoms with Crippen LogP contribution < -0.4 is 10.2 Å². The van der Waals surface area contributed by atoms with E-state index >= 15 is 0 Å². The topological polar surface area (TPSA) is 78.9 Å². The number of aliphatic hydroxyl groups is 1. The van der Waals surface area contributed by atoms with Crippen LogP contribution in [-0.4, -0.2) is 36.0 Å². The average molecular weight is 393 g/mol. The highest BCUT2D eigenvalue weighted by Gasteiger charge is 2.49. The van der Waals surface area contributed by atoms with E-state index in [2.05, 4.69) is 5.32 Å². The molecule has 1 aliphatic heterocycles. The minimum Gasteiger partial charge on any atom is -0.407 e. The summed E-state index contributed by atoms with van der Waals surface area (Å²) in [5.41, 5.74) is 1.22. The summed E-state index contributed by atoms with van der Waals surface area (Å²) in [4.78, 5) is 25.8. The summed E-state index contributed by atoms with van der Waals surface area (Å²) in [6, 6.07) is 12.9. The van der Waals surface area contributed by atoms with Gasteiger partial charge in [0.2, 0.25) is 0 Å². The minimum absolute atomic E-state index is 0.0341. The first-order valence-corrected chi connectivity index (χ1v) is 8.76. The van der Waals surface area contributed by atoms with Gasteiger partial charge in [-0.1, -0.05) is 29.8 Å². The van der Waals surface area contributed by atoms with E-state index in [1.807, 2.05) is 6.07 Å². The van der Waals surface area contributed by atoms with Crippen molar-refractivity contribution in [3.63, 3.8) is 0 Å². The zero-order valence-electron chi connectivity index (χ0n) is 14.3. The number of carbonyl (C=O) groups excluding carboxylic acids is 2. The third-order valence-corrected chi connectivity index (χ3v) is 4.41. The van der Waals surface area contributed by atoms with Gasteiger partial charge < -0.3 is 20.1 Å². The SMILES string of the molecule is O=C(NCCc1cc(F)cc(Cl)c1)O[C@@]1(O)CCN(c2ccccc2)C1=O. The normalized spacial score (nSPS) is 19.2. The van der Waals surface area contributed by atoms with Crippen LogP contribution in [0.25, 0.3) is 0 Å². The van der Waals surface area contributed by atoms with Crippen molar-refractivity contribution < 1.29 is 23.8 Å². The summed E-state index contributed by atoms with van der Waals surface area (Å²) in [5, 5.41) is 13.1. The van der Waals surface area contributed by atoms with Gasteiger partial charge in [-0.15, -0.1) is 0 Å². The predicted octanol–water partition coefficient (Wildman–Crippen LogP) is 2.87. The van der Waals surface area contributed by atoms with Crippen LogP contribution in [0.4, 0.5) is 14.9 Å². The van der Waals surface area contributed by atoms with Gasteiger partial charge >= 0.3 is 6.09 Å². The van der Waals surface area contributed by atoms with Gasteiger partial charge in [0.15, 0.2) is 0 Å². The number of para-hydroxylation sites is 1. The molecular weight excluding hydrogens is 375 g/mol. The molecule has 0 aromatic heterocycles. The lowest BCUT2D eigenvalue weighted by Gasteiger charge is -2.22. The standard InChI is InChI=1S/C19H18ClFN2O4/c20-14-10-13(11-15(21)12-14)6-8-22-18(25)27-19(26)7-9-23(17(19)24)16-4-2-1-3-5-16/h1-5,10-12,26H,6-9H2,(H,22,25)/t19-/m0/s1. The lowest BCUT2D eigenvalue weighted by atomic mass is 10.1. The Bertz CT molecular complexity index is 829. The van der Waals surface area contributed by atoms with E-state index in [9.17, 15) is 19.1 Å². The number of benzene rings is 2. The molecule has 1 saturated heterocycles. The monoisotopic (exact) mass is 392 g/mol. The van der Waals surface area contributed by atoms with Crippen LogP contribution >= 0.6 is 11.6 Å². The molecule has 0 unspecified atom stereocenters. The maximum absolute atomic E-state index is 13.3. The number of rotatable bonds is 5. The average Bonchev–Trinajstić information content (AvgIpc) is 2.90. The van der Waals surface area contributed by atoms with Crippen LogP contribution in [-0.2, 0) is 16.0 Å². The Kier molecular flexibility index (Phi) is 5.62. The molecule has 6 nitrogen and oxygen atoms in total. The van der Waals surface area contributed by atoms with Gasteiger partial charge in [-0.25, -0.2) is 9.18 Å². The van der Waals surface area contributed by atoms with E-state index in [-0.39, 0.29) is 24.5 Å². The van der Waals surface area contributed by atoms with Gasteiger partial charge in [-0.2, -0.15) is 0 Å². The van der Waals surface area contributed by atoms with Crippen molar-refractivity contribution in [3.05, 3.63) is 64.9 Å². The second kappa shape index (κ2) is 7.94. The molecule has 142 valence electrons. The van der Waals surface area contributed by atoms with E-state index < -0.39 is 23.6 Å². The zero-order chi connectivity index (χ0) is 19.4. The molecule has 0 radical (unpaired) electrons. The van der Waals surface area contributed by atoms with Gasteiger partial charge in [0, 0.05) is 30.2 Å². The van der Waals surface area contributed by atoms with E-state index in [1.54, 1.807) is 30.3 Å². The largest absolute Gasteiger partial charge is 0.410 e. The van der Waals surface area contributed by atoms with E-state index in [0.29, 0.717) is 17.7 Å². The minimum atomic E-state index is -2.21. The van der Waals surface area contributed by atoms with Crippen molar-refractivity contribution in [2.45, 2.75) is 18.6 Å². The number of hydrogen-bond acceptors (Lipinski definition) is 4. The summed E-state index contributed by atoms with van der Waals surface area (Å²) in [7, 11) is 0. The van der Waals surface area contributed by atoms with Crippen molar-refractivity contribution in [3.8, 4) is 0 Å². The lowest BCUT2D eigenvalue weighted by molar-refractivity contribution is -0.175. The smallest absolute Gasteiger partial charge is 0.407 e. The Balaban J connectivity index is 1.53. The first-order valence-electron chi connectivity index (χ1n) is 8.38. The number of halogens is 2. The molecule has 27 heavy (non-hydrogen) atoms. The molecule has 1 aliphatic rings. The van der Waals surface area contributed by atoms with E-state index in [1.165, 1.54) is 17.0 Å². The number of amides is 2. The van der Waals surface area contributed by atoms with Crippen LogP contribution in [0.3, 0.4) is 0 Å². The molecule has 2 aromatic carbocycles. The third kappa shape index (κ3) is 4.56. The zero-order valence-corrected chi connectivity index (χ0v) is 15.1. The molecule has 2 amide bonds. The summed E-state index contributed by atoms with van der Waals surface area (Å²) >= 11 is 5.78. The molecule has 3 rings (SSSR count). The fraction of sp³-hybridized carbons (Fsp3) is 0.263. The van der Waals surface area contributed by atoms with Crippen LogP contribution in [0.2, 0.25) is 5.02 Å². The van der Waals surface area contributed by atoms with Crippen molar-refractivity contribution in [2.75, 3.05) is 18.0 Å². The van der Waals surface area contributed by atoms with Crippen molar-refractivity contribution in [1.29, 1.82) is 0 Å². The molecule has 1 heterocycles. The van der Waals surface area contributed by atoms with Crippen LogP contribution in [0, 0.1) is 5.82 Å². The Morgan fingerprint density at radius 3 is 2.74 bits per heavy atom. The highest BCUT2D eigenvalue weighted by Crippen LogP contribution is 2.29. The molecule has 0 aliphatic carbocycles. The van der Waals surface area contributed by atoms with Gasteiger partial charge in [-0.05, 0) is 42.3 Å². The number of hydrogen-bond donors (Lipinski definition) is 2. The molecule has 2 aromatic rings. The number of carbonyl (C=O) groups is 2. The first-order chi connectivity index (χ1) is 12.9. The Hall–Kier alpha value is -2.64. The number of ether oxygens (including phenoxy) is 1. The van der Waals surface area contributed by atoms with Crippen molar-refractivity contribution in [1.82, 2.24) is 5.32 Å². The molecule has 2 N–H and O–H groups in total. The number of nitrogens with zero attached hydrogens (tertiary/aromatic N) is 1. The third-order valence-electron chi connectivity index (χ3n) is 4.19. The summed E-state index contributed by atoms with van der Waals surface area (Å²) in [5.74, 6) is -3.37. The molecule has 8 heteroatoms. The highest BCUT2D eigenvalue weighted by atomic mass is 35.5. The second-order valence-corrected chi connectivity index (χ2v) is 6.61. The second-order valence-electron chi connectivity index (χ2n) is 6.17.